The first-order valence-corrected chi connectivity index (χ1v) is 7.43. The summed E-state index contributed by atoms with van der Waals surface area (Å²) in [5.74, 6) is 0.301. The Bertz CT molecular complexity index is 718. The summed E-state index contributed by atoms with van der Waals surface area (Å²) in [6.07, 6.45) is 1.05. The lowest BCUT2D eigenvalue weighted by Gasteiger charge is -2.21. The van der Waals surface area contributed by atoms with Gasteiger partial charge in [0.05, 0.1) is 6.04 Å². The molecule has 2 heterocycles. The van der Waals surface area contributed by atoms with Crippen LogP contribution in [0.2, 0.25) is 0 Å². The molecule has 1 aliphatic rings. The zero-order valence-corrected chi connectivity index (χ0v) is 12.7. The maximum absolute atomic E-state index is 12.3. The van der Waals surface area contributed by atoms with Crippen molar-refractivity contribution in [2.75, 3.05) is 6.54 Å². The molecule has 1 N–H and O–H groups in total. The summed E-state index contributed by atoms with van der Waals surface area (Å²) in [6, 6.07) is 9.01. The molecule has 0 aliphatic carbocycles. The molecule has 0 bridgehead atoms. The molecule has 1 fully saturated rings. The number of hydrogen-bond donors (Lipinski definition) is 1. The molecule has 9 heteroatoms. The number of likely N-dealkylation sites (tertiary alicyclic amines) is 1. The van der Waals surface area contributed by atoms with Gasteiger partial charge in [-0.15, -0.1) is 9.78 Å². The molecule has 1 unspecified atom stereocenters. The van der Waals surface area contributed by atoms with Crippen molar-refractivity contribution in [1.29, 1.82) is 0 Å². The van der Waals surface area contributed by atoms with Gasteiger partial charge in [-0.25, -0.2) is 14.6 Å². The highest BCUT2D eigenvalue weighted by Gasteiger charge is 2.34. The lowest BCUT2D eigenvalue weighted by atomic mass is 10.2. The van der Waals surface area contributed by atoms with E-state index in [-0.39, 0.29) is 12.6 Å². The molecule has 1 amide bonds. The third kappa shape index (κ3) is 3.35. The first-order valence-electron chi connectivity index (χ1n) is 7.43. The number of ether oxygens (including phenoxy) is 1. The number of nitrogens with zero attached hydrogens (tertiary/aromatic N) is 4. The van der Waals surface area contributed by atoms with E-state index in [1.54, 1.807) is 0 Å². The molecule has 0 spiro atoms. The first-order chi connectivity index (χ1) is 11.7. The van der Waals surface area contributed by atoms with Gasteiger partial charge in [-0.05, 0) is 18.4 Å². The molecular weight excluding hydrogens is 316 g/mol. The van der Waals surface area contributed by atoms with Gasteiger partial charge in [0.2, 0.25) is 0 Å². The summed E-state index contributed by atoms with van der Waals surface area (Å²) in [7, 11) is 0. The van der Waals surface area contributed by atoms with E-state index in [0.29, 0.717) is 18.8 Å². The second-order valence-electron chi connectivity index (χ2n) is 5.30. The number of benzene rings is 1. The predicted octanol–water partition coefficient (Wildman–Crippen LogP) is 2.21. The van der Waals surface area contributed by atoms with Crippen molar-refractivity contribution in [2.24, 2.45) is 0 Å². The Hall–Kier alpha value is -2.94. The van der Waals surface area contributed by atoms with Gasteiger partial charge in [0.15, 0.2) is 5.82 Å². The highest BCUT2D eigenvalue weighted by molar-refractivity contribution is 5.69. The van der Waals surface area contributed by atoms with Gasteiger partial charge in [-0.3, -0.25) is 9.79 Å². The minimum atomic E-state index is -1.06. The lowest BCUT2D eigenvalue weighted by Crippen LogP contribution is -2.31. The predicted molar refractivity (Wildman–Crippen MR) is 79.8 cm³/mol. The fourth-order valence-corrected chi connectivity index (χ4v) is 2.61. The summed E-state index contributed by atoms with van der Waals surface area (Å²) in [5.41, 5.74) is 0.898. The average Bonchev–Trinajstić information content (AvgIpc) is 3.28. The van der Waals surface area contributed by atoms with Crippen molar-refractivity contribution in [1.82, 2.24) is 19.7 Å². The third-order valence-corrected chi connectivity index (χ3v) is 3.77. The van der Waals surface area contributed by atoms with Crippen LogP contribution in [0, 0.1) is 0 Å². The van der Waals surface area contributed by atoms with Gasteiger partial charge in [0.1, 0.15) is 12.9 Å². The van der Waals surface area contributed by atoms with Crippen molar-refractivity contribution in [3.05, 3.63) is 48.0 Å². The Morgan fingerprint density at radius 2 is 2.04 bits per heavy atom. The number of aromatic nitrogens is 3. The molecule has 2 aromatic rings. The Kier molecular flexibility index (Phi) is 4.71. The van der Waals surface area contributed by atoms with Crippen LogP contribution in [-0.4, -0.2) is 43.7 Å². The molecule has 0 radical (unpaired) electrons. The molecule has 1 aromatic heterocycles. The van der Waals surface area contributed by atoms with Crippen molar-refractivity contribution >= 4 is 12.2 Å². The van der Waals surface area contributed by atoms with E-state index in [9.17, 15) is 9.59 Å². The minimum Gasteiger partial charge on any atom is -0.445 e. The average molecular weight is 332 g/mol. The van der Waals surface area contributed by atoms with Crippen LogP contribution in [0.3, 0.4) is 0 Å². The van der Waals surface area contributed by atoms with Crippen molar-refractivity contribution < 1.29 is 24.5 Å². The first kappa shape index (κ1) is 15.9. The van der Waals surface area contributed by atoms with Gasteiger partial charge in [0, 0.05) is 6.54 Å². The highest BCUT2D eigenvalue weighted by atomic mass is 17.1. The van der Waals surface area contributed by atoms with Crippen LogP contribution in [0.5, 0.6) is 0 Å². The van der Waals surface area contributed by atoms with E-state index in [1.807, 2.05) is 30.3 Å². The van der Waals surface area contributed by atoms with E-state index >= 15 is 0 Å². The summed E-state index contributed by atoms with van der Waals surface area (Å²) in [6.45, 7) is 0.707. The van der Waals surface area contributed by atoms with E-state index in [2.05, 4.69) is 15.0 Å². The van der Waals surface area contributed by atoms with Gasteiger partial charge < -0.3 is 4.74 Å². The smallest absolute Gasteiger partial charge is 0.445 e. The minimum absolute atomic E-state index is 0.182. The van der Waals surface area contributed by atoms with Crippen LogP contribution in [0.1, 0.15) is 30.3 Å². The van der Waals surface area contributed by atoms with E-state index in [4.69, 9.17) is 9.99 Å². The van der Waals surface area contributed by atoms with E-state index in [1.165, 1.54) is 4.90 Å². The number of carbonyl (C=O) groups excluding carboxylic acids is 2. The number of amides is 1. The molecule has 24 heavy (non-hydrogen) atoms. The normalized spacial score (nSPS) is 16.9. The number of carbonyl (C=O) groups is 2. The van der Waals surface area contributed by atoms with Gasteiger partial charge in [0.25, 0.3) is 0 Å². The van der Waals surface area contributed by atoms with Crippen LogP contribution in [0.15, 0.2) is 36.7 Å². The van der Waals surface area contributed by atoms with Crippen molar-refractivity contribution in [2.45, 2.75) is 25.5 Å². The molecule has 1 aromatic carbocycles. The van der Waals surface area contributed by atoms with E-state index in [0.717, 1.165) is 23.0 Å². The Morgan fingerprint density at radius 3 is 2.79 bits per heavy atom. The van der Waals surface area contributed by atoms with Crippen LogP contribution >= 0.6 is 0 Å². The largest absolute Gasteiger partial charge is 0.467 e. The Balaban J connectivity index is 1.65. The standard InChI is InChI=1S/C15H16N4O5/c20-14(23-9-11-5-2-1-3-6-11)18-8-4-7-12(18)13-16-10-19(17-13)15(21)24-22/h1-3,5-6,10,12,22H,4,7-9H2. The van der Waals surface area contributed by atoms with Crippen molar-refractivity contribution in [3.8, 4) is 0 Å². The second kappa shape index (κ2) is 7.09. The Labute approximate surface area is 137 Å². The maximum Gasteiger partial charge on any atom is 0.467 e. The monoisotopic (exact) mass is 332 g/mol. The van der Waals surface area contributed by atoms with Gasteiger partial charge in [-0.1, -0.05) is 30.3 Å². The molecule has 126 valence electrons. The molecule has 1 atom stereocenters. The molecular formula is C15H16N4O5. The molecule has 0 saturated carbocycles. The fourth-order valence-electron chi connectivity index (χ4n) is 2.61. The zero-order valence-electron chi connectivity index (χ0n) is 12.7. The zero-order chi connectivity index (χ0) is 16.9. The molecule has 3 rings (SSSR count). The summed E-state index contributed by atoms with van der Waals surface area (Å²) in [4.78, 5) is 32.6. The van der Waals surface area contributed by atoms with Crippen LogP contribution < -0.4 is 0 Å². The fraction of sp³-hybridized carbons (Fsp3) is 0.333. The number of rotatable bonds is 3. The number of hydrogen-bond acceptors (Lipinski definition) is 7. The molecule has 1 saturated heterocycles. The van der Waals surface area contributed by atoms with E-state index < -0.39 is 12.2 Å². The maximum atomic E-state index is 12.3. The van der Waals surface area contributed by atoms with Crippen molar-refractivity contribution in [3.63, 3.8) is 0 Å². The quantitative estimate of drug-likeness (QED) is 0.678. The Morgan fingerprint density at radius 1 is 1.25 bits per heavy atom. The summed E-state index contributed by atoms with van der Waals surface area (Å²) < 4.78 is 6.10. The molecule has 9 nitrogen and oxygen atoms in total. The van der Waals surface area contributed by atoms with Gasteiger partial charge in [-0.2, -0.15) is 5.26 Å². The topological polar surface area (TPSA) is 107 Å². The van der Waals surface area contributed by atoms with Gasteiger partial charge >= 0.3 is 12.2 Å². The van der Waals surface area contributed by atoms with Crippen LogP contribution in [0.4, 0.5) is 9.59 Å². The summed E-state index contributed by atoms with van der Waals surface area (Å²) >= 11 is 0. The SMILES string of the molecule is O=C(OCc1ccccc1)N1CCCC1c1ncn(C(=O)OO)n1. The van der Waals surface area contributed by atoms with Crippen LogP contribution in [-0.2, 0) is 16.2 Å². The second-order valence-corrected chi connectivity index (χ2v) is 5.30. The summed E-state index contributed by atoms with van der Waals surface area (Å²) in [5, 5.41) is 12.3. The molecule has 1 aliphatic heterocycles. The van der Waals surface area contributed by atoms with Crippen LogP contribution in [0.25, 0.3) is 0 Å². The highest BCUT2D eigenvalue weighted by Crippen LogP contribution is 2.30. The third-order valence-electron chi connectivity index (χ3n) is 3.77. The lowest BCUT2D eigenvalue weighted by molar-refractivity contribution is -0.178.